The minimum Gasteiger partial charge on any atom is -0.329 e. The van der Waals surface area contributed by atoms with Crippen molar-refractivity contribution < 1.29 is 0 Å². The summed E-state index contributed by atoms with van der Waals surface area (Å²) in [6.45, 7) is 0.861. The predicted molar refractivity (Wildman–Crippen MR) is 78.7 cm³/mol. The summed E-state index contributed by atoms with van der Waals surface area (Å²) in [5, 5.41) is 0. The standard InChI is InChI=1S/C16H32N2/c1-18(15-10-6-5-7-11-15)16(14-17)12-8-3-2-4-9-13-16/h15H,2-14,17H2,1H3. The van der Waals surface area contributed by atoms with Crippen molar-refractivity contribution in [1.82, 2.24) is 4.90 Å². The van der Waals surface area contributed by atoms with Gasteiger partial charge in [-0.15, -0.1) is 0 Å². The Kier molecular flexibility index (Phi) is 5.50. The lowest BCUT2D eigenvalue weighted by Crippen LogP contribution is -2.56. The van der Waals surface area contributed by atoms with Gasteiger partial charge in [0.15, 0.2) is 0 Å². The molecule has 0 heterocycles. The first kappa shape index (κ1) is 14.3. The topological polar surface area (TPSA) is 29.3 Å². The molecule has 2 aliphatic carbocycles. The number of hydrogen-bond donors (Lipinski definition) is 1. The van der Waals surface area contributed by atoms with Crippen LogP contribution in [0, 0.1) is 0 Å². The van der Waals surface area contributed by atoms with E-state index in [1.165, 1.54) is 77.0 Å². The molecule has 0 spiro atoms. The second kappa shape index (κ2) is 6.91. The second-order valence-electron chi connectivity index (χ2n) is 6.60. The molecule has 2 heteroatoms. The molecule has 0 bridgehead atoms. The molecule has 2 rings (SSSR count). The summed E-state index contributed by atoms with van der Waals surface area (Å²) in [6.07, 6.45) is 16.8. The summed E-state index contributed by atoms with van der Waals surface area (Å²) in [4.78, 5) is 2.71. The van der Waals surface area contributed by atoms with Gasteiger partial charge in [-0.3, -0.25) is 4.90 Å². The van der Waals surface area contributed by atoms with E-state index in [0.29, 0.717) is 5.54 Å². The highest BCUT2D eigenvalue weighted by Crippen LogP contribution is 2.34. The summed E-state index contributed by atoms with van der Waals surface area (Å²) in [7, 11) is 2.37. The van der Waals surface area contributed by atoms with Gasteiger partial charge in [0.1, 0.15) is 0 Å². The van der Waals surface area contributed by atoms with E-state index in [0.717, 1.165) is 12.6 Å². The van der Waals surface area contributed by atoms with Crippen molar-refractivity contribution in [2.45, 2.75) is 88.6 Å². The van der Waals surface area contributed by atoms with Gasteiger partial charge >= 0.3 is 0 Å². The van der Waals surface area contributed by atoms with Crippen molar-refractivity contribution in [3.05, 3.63) is 0 Å². The zero-order valence-electron chi connectivity index (χ0n) is 12.3. The Labute approximate surface area is 113 Å². The van der Waals surface area contributed by atoms with Crippen molar-refractivity contribution in [3.63, 3.8) is 0 Å². The Hall–Kier alpha value is -0.0800. The third-order valence-corrected chi connectivity index (χ3v) is 5.53. The molecule has 0 unspecified atom stereocenters. The SMILES string of the molecule is CN(C1CCCCC1)C1(CN)CCCCCCC1. The van der Waals surface area contributed by atoms with Crippen molar-refractivity contribution in [2.24, 2.45) is 5.73 Å². The maximum absolute atomic E-state index is 6.22. The number of nitrogens with zero attached hydrogens (tertiary/aromatic N) is 1. The number of nitrogens with two attached hydrogens (primary N) is 1. The molecule has 0 amide bonds. The lowest BCUT2D eigenvalue weighted by molar-refractivity contribution is 0.0365. The molecule has 106 valence electrons. The minimum absolute atomic E-state index is 0.322. The normalized spacial score (nSPS) is 26.8. The zero-order valence-corrected chi connectivity index (χ0v) is 12.3. The third kappa shape index (κ3) is 3.27. The monoisotopic (exact) mass is 252 g/mol. The van der Waals surface area contributed by atoms with Crippen LogP contribution in [0.3, 0.4) is 0 Å². The van der Waals surface area contributed by atoms with Crippen LogP contribution >= 0.6 is 0 Å². The average Bonchev–Trinajstić information content (AvgIpc) is 2.40. The molecule has 2 N–H and O–H groups in total. The third-order valence-electron chi connectivity index (χ3n) is 5.53. The second-order valence-corrected chi connectivity index (χ2v) is 6.60. The minimum atomic E-state index is 0.322. The van der Waals surface area contributed by atoms with Gasteiger partial charge in [0, 0.05) is 18.1 Å². The summed E-state index contributed by atoms with van der Waals surface area (Å²) in [5.74, 6) is 0. The first-order valence-corrected chi connectivity index (χ1v) is 8.21. The average molecular weight is 252 g/mol. The van der Waals surface area contributed by atoms with Crippen molar-refractivity contribution >= 4 is 0 Å². The van der Waals surface area contributed by atoms with Crippen LogP contribution < -0.4 is 5.73 Å². The molecule has 2 aliphatic rings. The van der Waals surface area contributed by atoms with Gasteiger partial charge in [-0.05, 0) is 32.7 Å². The molecule has 18 heavy (non-hydrogen) atoms. The van der Waals surface area contributed by atoms with Crippen molar-refractivity contribution in [1.29, 1.82) is 0 Å². The molecule has 0 saturated heterocycles. The van der Waals surface area contributed by atoms with Crippen LogP contribution in [-0.4, -0.2) is 30.1 Å². The highest BCUT2D eigenvalue weighted by molar-refractivity contribution is 4.94. The van der Waals surface area contributed by atoms with Gasteiger partial charge in [0.25, 0.3) is 0 Å². The van der Waals surface area contributed by atoms with Crippen LogP contribution in [0.4, 0.5) is 0 Å². The van der Waals surface area contributed by atoms with E-state index in [4.69, 9.17) is 5.73 Å². The number of rotatable bonds is 3. The molecule has 2 nitrogen and oxygen atoms in total. The van der Waals surface area contributed by atoms with Gasteiger partial charge in [0.2, 0.25) is 0 Å². The Morgan fingerprint density at radius 2 is 1.39 bits per heavy atom. The maximum Gasteiger partial charge on any atom is 0.0331 e. The van der Waals surface area contributed by atoms with E-state index in [2.05, 4.69) is 11.9 Å². The number of likely N-dealkylation sites (N-methyl/N-ethyl adjacent to an activating group) is 1. The van der Waals surface area contributed by atoms with E-state index < -0.39 is 0 Å². The van der Waals surface area contributed by atoms with E-state index in [1.807, 2.05) is 0 Å². The molecule has 0 atom stereocenters. The first-order chi connectivity index (χ1) is 8.78. The quantitative estimate of drug-likeness (QED) is 0.830. The van der Waals surface area contributed by atoms with Gasteiger partial charge in [-0.2, -0.15) is 0 Å². The van der Waals surface area contributed by atoms with Crippen LogP contribution in [0.5, 0.6) is 0 Å². The van der Waals surface area contributed by atoms with Gasteiger partial charge in [-0.25, -0.2) is 0 Å². The summed E-state index contributed by atoms with van der Waals surface area (Å²) < 4.78 is 0. The summed E-state index contributed by atoms with van der Waals surface area (Å²) in [6, 6.07) is 0.807. The van der Waals surface area contributed by atoms with Crippen LogP contribution in [0.15, 0.2) is 0 Å². The van der Waals surface area contributed by atoms with Gasteiger partial charge in [0.05, 0.1) is 0 Å². The van der Waals surface area contributed by atoms with E-state index in [1.54, 1.807) is 0 Å². The first-order valence-electron chi connectivity index (χ1n) is 8.21. The molecular weight excluding hydrogens is 220 g/mol. The maximum atomic E-state index is 6.22. The van der Waals surface area contributed by atoms with Crippen LogP contribution in [0.25, 0.3) is 0 Å². The highest BCUT2D eigenvalue weighted by Gasteiger charge is 2.36. The lowest BCUT2D eigenvalue weighted by atomic mass is 9.80. The van der Waals surface area contributed by atoms with Crippen LogP contribution in [0.2, 0.25) is 0 Å². The predicted octanol–water partition coefficient (Wildman–Crippen LogP) is 3.69. The number of hydrogen-bond acceptors (Lipinski definition) is 2. The Morgan fingerprint density at radius 1 is 0.889 bits per heavy atom. The molecule has 0 aliphatic heterocycles. The molecule has 0 radical (unpaired) electrons. The molecule has 2 fully saturated rings. The molecule has 0 aromatic heterocycles. The fourth-order valence-corrected chi connectivity index (χ4v) is 4.12. The molecular formula is C16H32N2. The summed E-state index contributed by atoms with van der Waals surface area (Å²) >= 11 is 0. The van der Waals surface area contributed by atoms with Gasteiger partial charge in [-0.1, -0.05) is 51.4 Å². The molecule has 0 aromatic carbocycles. The van der Waals surface area contributed by atoms with E-state index >= 15 is 0 Å². The van der Waals surface area contributed by atoms with E-state index in [9.17, 15) is 0 Å². The van der Waals surface area contributed by atoms with Gasteiger partial charge < -0.3 is 5.73 Å². The van der Waals surface area contributed by atoms with Crippen molar-refractivity contribution in [3.8, 4) is 0 Å². The van der Waals surface area contributed by atoms with Crippen molar-refractivity contribution in [2.75, 3.05) is 13.6 Å². The Bertz CT molecular complexity index is 225. The largest absolute Gasteiger partial charge is 0.329 e. The summed E-state index contributed by atoms with van der Waals surface area (Å²) in [5.41, 5.74) is 6.55. The highest BCUT2D eigenvalue weighted by atomic mass is 15.2. The Morgan fingerprint density at radius 3 is 1.94 bits per heavy atom. The zero-order chi connectivity index (χ0) is 12.8. The molecule has 0 aromatic rings. The Balaban J connectivity index is 2.02. The smallest absolute Gasteiger partial charge is 0.0331 e. The fraction of sp³-hybridized carbons (Fsp3) is 1.00. The van der Waals surface area contributed by atoms with E-state index in [-0.39, 0.29) is 0 Å². The molecule has 2 saturated carbocycles. The lowest BCUT2D eigenvalue weighted by Gasteiger charge is -2.47. The van der Waals surface area contributed by atoms with Crippen LogP contribution in [0.1, 0.15) is 77.0 Å². The van der Waals surface area contributed by atoms with Crippen LogP contribution in [-0.2, 0) is 0 Å². The fourth-order valence-electron chi connectivity index (χ4n) is 4.12.